The maximum Gasteiger partial charge on any atom is 0.279 e. The van der Waals surface area contributed by atoms with E-state index in [1.54, 1.807) is 4.31 Å². The zero-order valence-electron chi connectivity index (χ0n) is 11.6. The van der Waals surface area contributed by atoms with E-state index in [9.17, 15) is 8.42 Å². The molecule has 2 heterocycles. The lowest BCUT2D eigenvalue weighted by Crippen LogP contribution is -2.52. The van der Waals surface area contributed by atoms with E-state index >= 15 is 0 Å². The largest absolute Gasteiger partial charge is 0.340 e. The van der Waals surface area contributed by atoms with Gasteiger partial charge in [0.2, 0.25) is 5.89 Å². The highest BCUT2D eigenvalue weighted by molar-refractivity contribution is 7.87. The van der Waals surface area contributed by atoms with Crippen molar-refractivity contribution in [2.75, 3.05) is 26.7 Å². The van der Waals surface area contributed by atoms with Gasteiger partial charge in [0.25, 0.3) is 10.2 Å². The third kappa shape index (κ3) is 3.98. The van der Waals surface area contributed by atoms with Crippen LogP contribution in [0.15, 0.2) is 10.9 Å². The van der Waals surface area contributed by atoms with Crippen molar-refractivity contribution in [3.05, 3.63) is 12.2 Å². The maximum atomic E-state index is 12.3. The summed E-state index contributed by atoms with van der Waals surface area (Å²) in [5, 5.41) is 6.53. The van der Waals surface area contributed by atoms with Crippen LogP contribution in [-0.2, 0) is 16.6 Å². The van der Waals surface area contributed by atoms with E-state index in [1.807, 2.05) is 7.05 Å². The molecule has 1 atom stereocenters. The van der Waals surface area contributed by atoms with Crippen molar-refractivity contribution in [3.63, 3.8) is 0 Å². The van der Waals surface area contributed by atoms with E-state index in [1.165, 1.54) is 6.33 Å². The molecule has 0 aliphatic carbocycles. The lowest BCUT2D eigenvalue weighted by molar-refractivity contribution is 0.246. The molecule has 9 heteroatoms. The van der Waals surface area contributed by atoms with Crippen molar-refractivity contribution in [3.8, 4) is 0 Å². The summed E-state index contributed by atoms with van der Waals surface area (Å²) in [6.45, 7) is 1.50. The Balaban J connectivity index is 1.90. The molecule has 114 valence electrons. The number of likely N-dealkylation sites (N-methyl/N-ethyl adjacent to an activating group) is 1. The number of hydrogen-bond acceptors (Lipinski definition) is 6. The summed E-state index contributed by atoms with van der Waals surface area (Å²) in [5.74, 6) is 0.429. The second-order valence-corrected chi connectivity index (χ2v) is 6.51. The predicted molar refractivity (Wildman–Crippen MR) is 73.2 cm³/mol. The molecule has 1 aliphatic heterocycles. The first-order chi connectivity index (χ1) is 9.63. The lowest BCUT2D eigenvalue weighted by atomic mass is 10.1. The molecule has 1 fully saturated rings. The summed E-state index contributed by atoms with van der Waals surface area (Å²) in [7, 11) is -1.62. The van der Waals surface area contributed by atoms with Gasteiger partial charge in [-0.05, 0) is 19.9 Å². The van der Waals surface area contributed by atoms with E-state index in [4.69, 9.17) is 4.52 Å². The Morgan fingerprint density at radius 1 is 1.50 bits per heavy atom. The lowest BCUT2D eigenvalue weighted by Gasteiger charge is -2.34. The van der Waals surface area contributed by atoms with Crippen LogP contribution >= 0.6 is 0 Å². The molecule has 20 heavy (non-hydrogen) atoms. The van der Waals surface area contributed by atoms with Gasteiger partial charge in [-0.3, -0.25) is 0 Å². The van der Waals surface area contributed by atoms with Crippen LogP contribution in [0.2, 0.25) is 0 Å². The molecule has 0 amide bonds. The summed E-state index contributed by atoms with van der Waals surface area (Å²) in [6.07, 6.45) is 4.57. The summed E-state index contributed by atoms with van der Waals surface area (Å²) >= 11 is 0. The molecule has 1 aromatic heterocycles. The van der Waals surface area contributed by atoms with Gasteiger partial charge in [0.05, 0.1) is 0 Å². The Bertz CT molecular complexity index is 488. The van der Waals surface area contributed by atoms with Crippen LogP contribution in [0.5, 0.6) is 0 Å². The summed E-state index contributed by atoms with van der Waals surface area (Å²) in [4.78, 5) is 3.86. The molecule has 1 aromatic rings. The topological polar surface area (TPSA) is 100 Å². The van der Waals surface area contributed by atoms with Crippen LogP contribution in [0.25, 0.3) is 0 Å². The van der Waals surface area contributed by atoms with Crippen LogP contribution in [0.3, 0.4) is 0 Å². The normalized spacial score (nSPS) is 21.1. The molecule has 1 unspecified atom stereocenters. The van der Waals surface area contributed by atoms with Gasteiger partial charge in [0.1, 0.15) is 0 Å². The Morgan fingerprint density at radius 3 is 3.05 bits per heavy atom. The monoisotopic (exact) mass is 303 g/mol. The van der Waals surface area contributed by atoms with E-state index in [2.05, 4.69) is 20.2 Å². The molecule has 0 saturated carbocycles. The van der Waals surface area contributed by atoms with Crippen LogP contribution in [-0.4, -0.2) is 55.6 Å². The number of nitrogens with zero attached hydrogens (tertiary/aromatic N) is 3. The van der Waals surface area contributed by atoms with Gasteiger partial charge < -0.3 is 9.84 Å². The second-order valence-electron chi connectivity index (χ2n) is 4.80. The standard InChI is InChI=1S/C11H21N5O3S/c1-12-8-10-4-2-3-7-16(10)20(17,18)15-6-5-11-13-9-14-19-11/h9-10,12,15H,2-8H2,1H3. The molecular formula is C11H21N5O3S. The Hall–Kier alpha value is -1.03. The summed E-state index contributed by atoms with van der Waals surface area (Å²) < 4.78 is 33.6. The zero-order chi connectivity index (χ0) is 14.4. The van der Waals surface area contributed by atoms with E-state index < -0.39 is 10.2 Å². The van der Waals surface area contributed by atoms with Gasteiger partial charge in [-0.25, -0.2) is 4.72 Å². The van der Waals surface area contributed by atoms with Gasteiger partial charge >= 0.3 is 0 Å². The minimum atomic E-state index is -3.45. The van der Waals surface area contributed by atoms with Crippen molar-refractivity contribution in [2.45, 2.75) is 31.7 Å². The van der Waals surface area contributed by atoms with Crippen LogP contribution in [0.4, 0.5) is 0 Å². The molecule has 0 radical (unpaired) electrons. The minimum absolute atomic E-state index is 0.0228. The first-order valence-corrected chi connectivity index (χ1v) is 8.24. The minimum Gasteiger partial charge on any atom is -0.340 e. The molecule has 8 nitrogen and oxygen atoms in total. The summed E-state index contributed by atoms with van der Waals surface area (Å²) in [6, 6.07) is 0.0228. The predicted octanol–water partition coefficient (Wildman–Crippen LogP) is -0.480. The molecule has 0 bridgehead atoms. The molecule has 1 saturated heterocycles. The first-order valence-electron chi connectivity index (χ1n) is 6.80. The van der Waals surface area contributed by atoms with Crippen molar-refractivity contribution < 1.29 is 12.9 Å². The summed E-state index contributed by atoms with van der Waals surface area (Å²) in [5.41, 5.74) is 0. The van der Waals surface area contributed by atoms with Gasteiger partial charge in [0.15, 0.2) is 6.33 Å². The van der Waals surface area contributed by atoms with Crippen LogP contribution < -0.4 is 10.0 Å². The van der Waals surface area contributed by atoms with E-state index in [0.717, 1.165) is 19.3 Å². The molecule has 0 spiro atoms. The van der Waals surface area contributed by atoms with Gasteiger partial charge in [0, 0.05) is 32.1 Å². The number of rotatable bonds is 7. The Morgan fingerprint density at radius 2 is 2.35 bits per heavy atom. The molecule has 0 aromatic carbocycles. The SMILES string of the molecule is CNCC1CCCCN1S(=O)(=O)NCCc1ncno1. The van der Waals surface area contributed by atoms with Gasteiger partial charge in [-0.2, -0.15) is 17.7 Å². The Labute approximate surface area is 119 Å². The second kappa shape index (κ2) is 7.11. The number of nitrogens with one attached hydrogen (secondary N) is 2. The van der Waals surface area contributed by atoms with Crippen LogP contribution in [0.1, 0.15) is 25.2 Å². The zero-order valence-corrected chi connectivity index (χ0v) is 12.4. The average molecular weight is 303 g/mol. The van der Waals surface area contributed by atoms with E-state index in [-0.39, 0.29) is 12.6 Å². The van der Waals surface area contributed by atoms with Crippen molar-refractivity contribution >= 4 is 10.2 Å². The van der Waals surface area contributed by atoms with Crippen LogP contribution in [0, 0.1) is 0 Å². The quantitative estimate of drug-likeness (QED) is 0.706. The van der Waals surface area contributed by atoms with E-state index in [0.29, 0.717) is 25.4 Å². The maximum absolute atomic E-state index is 12.3. The molecule has 1 aliphatic rings. The number of piperidine rings is 1. The Kier molecular flexibility index (Phi) is 5.46. The smallest absolute Gasteiger partial charge is 0.279 e. The highest BCUT2D eigenvalue weighted by Gasteiger charge is 2.31. The van der Waals surface area contributed by atoms with Crippen molar-refractivity contribution in [2.24, 2.45) is 0 Å². The van der Waals surface area contributed by atoms with Crippen molar-refractivity contribution in [1.29, 1.82) is 0 Å². The highest BCUT2D eigenvalue weighted by Crippen LogP contribution is 2.19. The third-order valence-electron chi connectivity index (χ3n) is 3.35. The fourth-order valence-corrected chi connectivity index (χ4v) is 3.87. The van der Waals surface area contributed by atoms with Crippen molar-refractivity contribution in [1.82, 2.24) is 24.5 Å². The fraction of sp³-hybridized carbons (Fsp3) is 0.818. The van der Waals surface area contributed by atoms with Gasteiger partial charge in [-0.15, -0.1) is 0 Å². The number of aromatic nitrogens is 2. The number of hydrogen-bond donors (Lipinski definition) is 2. The average Bonchev–Trinajstić information content (AvgIpc) is 2.92. The highest BCUT2D eigenvalue weighted by atomic mass is 32.2. The molecular weight excluding hydrogens is 282 g/mol. The first kappa shape index (κ1) is 15.4. The third-order valence-corrected chi connectivity index (χ3v) is 5.02. The molecule has 2 N–H and O–H groups in total. The van der Waals surface area contributed by atoms with Gasteiger partial charge in [-0.1, -0.05) is 11.6 Å². The fourth-order valence-electron chi connectivity index (χ4n) is 2.41. The molecule has 2 rings (SSSR count).